The van der Waals surface area contributed by atoms with E-state index in [9.17, 15) is 4.79 Å². The smallest absolute Gasteiger partial charge is 0.236 e. The summed E-state index contributed by atoms with van der Waals surface area (Å²) in [5.41, 5.74) is 1.02. The highest BCUT2D eigenvalue weighted by Gasteiger charge is 2.11. The quantitative estimate of drug-likeness (QED) is 0.781. The van der Waals surface area contributed by atoms with E-state index in [1.54, 1.807) is 19.4 Å². The fourth-order valence-corrected chi connectivity index (χ4v) is 1.46. The molecule has 0 aliphatic heterocycles. The molecule has 0 aromatic carbocycles. The SMILES string of the molecule is COc1ccc(CNC(C)C(=O)NCC(C)C)cn1. The van der Waals surface area contributed by atoms with Crippen molar-refractivity contribution in [3.05, 3.63) is 23.9 Å². The molecule has 0 bridgehead atoms. The number of pyridine rings is 1. The van der Waals surface area contributed by atoms with Gasteiger partial charge in [-0.25, -0.2) is 4.98 Å². The molecule has 1 amide bonds. The molecule has 2 N–H and O–H groups in total. The topological polar surface area (TPSA) is 63.2 Å². The lowest BCUT2D eigenvalue weighted by Gasteiger charge is -2.15. The van der Waals surface area contributed by atoms with Crippen LogP contribution in [0.2, 0.25) is 0 Å². The molecule has 1 heterocycles. The minimum absolute atomic E-state index is 0.0233. The molecule has 0 aliphatic carbocycles. The number of nitrogens with one attached hydrogen (secondary N) is 2. The summed E-state index contributed by atoms with van der Waals surface area (Å²) in [6.07, 6.45) is 1.74. The Hall–Kier alpha value is -1.62. The molecule has 5 nitrogen and oxygen atoms in total. The monoisotopic (exact) mass is 265 g/mol. The first-order chi connectivity index (χ1) is 9.02. The van der Waals surface area contributed by atoms with Crippen molar-refractivity contribution in [3.8, 4) is 5.88 Å². The van der Waals surface area contributed by atoms with Gasteiger partial charge >= 0.3 is 0 Å². The van der Waals surface area contributed by atoms with Crippen LogP contribution in [0.25, 0.3) is 0 Å². The number of nitrogens with zero attached hydrogens (tertiary/aromatic N) is 1. The van der Waals surface area contributed by atoms with Crippen LogP contribution in [0.5, 0.6) is 5.88 Å². The third-order valence-electron chi connectivity index (χ3n) is 2.70. The van der Waals surface area contributed by atoms with Crippen LogP contribution in [0.1, 0.15) is 26.3 Å². The molecule has 1 aromatic heterocycles. The second kappa shape index (κ2) is 7.74. The van der Waals surface area contributed by atoms with Gasteiger partial charge in [0.25, 0.3) is 0 Å². The van der Waals surface area contributed by atoms with Crippen LogP contribution >= 0.6 is 0 Å². The molecule has 0 radical (unpaired) electrons. The molecule has 0 spiro atoms. The predicted molar refractivity (Wildman–Crippen MR) is 74.9 cm³/mol. The summed E-state index contributed by atoms with van der Waals surface area (Å²) in [4.78, 5) is 15.9. The average molecular weight is 265 g/mol. The van der Waals surface area contributed by atoms with Gasteiger partial charge in [-0.15, -0.1) is 0 Å². The summed E-state index contributed by atoms with van der Waals surface area (Å²) < 4.78 is 4.99. The van der Waals surface area contributed by atoms with Crippen LogP contribution in [0.15, 0.2) is 18.3 Å². The van der Waals surface area contributed by atoms with Gasteiger partial charge in [0, 0.05) is 25.4 Å². The number of hydrogen-bond acceptors (Lipinski definition) is 4. The van der Waals surface area contributed by atoms with E-state index in [-0.39, 0.29) is 11.9 Å². The molecule has 0 saturated heterocycles. The summed E-state index contributed by atoms with van der Waals surface area (Å²) in [7, 11) is 1.58. The van der Waals surface area contributed by atoms with E-state index >= 15 is 0 Å². The zero-order valence-corrected chi connectivity index (χ0v) is 12.1. The van der Waals surface area contributed by atoms with E-state index in [0.29, 0.717) is 24.9 Å². The largest absolute Gasteiger partial charge is 0.481 e. The Balaban J connectivity index is 2.36. The highest BCUT2D eigenvalue weighted by atomic mass is 16.5. The van der Waals surface area contributed by atoms with Gasteiger partial charge in [0.15, 0.2) is 0 Å². The van der Waals surface area contributed by atoms with Crippen LogP contribution in [0, 0.1) is 5.92 Å². The summed E-state index contributed by atoms with van der Waals surface area (Å²) in [6.45, 7) is 7.30. The molecule has 1 unspecified atom stereocenters. The van der Waals surface area contributed by atoms with Crippen molar-refractivity contribution in [2.24, 2.45) is 5.92 Å². The Bertz CT molecular complexity index is 390. The standard InChI is InChI=1S/C14H23N3O2/c1-10(2)7-17-14(18)11(3)15-8-12-5-6-13(19-4)16-9-12/h5-6,9-11,15H,7-8H2,1-4H3,(H,17,18). The van der Waals surface area contributed by atoms with Crippen LogP contribution in [-0.4, -0.2) is 30.6 Å². The molecule has 1 rings (SSSR count). The Kier molecular flexibility index (Phi) is 6.29. The molecule has 106 valence electrons. The van der Waals surface area contributed by atoms with Crippen LogP contribution < -0.4 is 15.4 Å². The fraction of sp³-hybridized carbons (Fsp3) is 0.571. The number of hydrogen-bond donors (Lipinski definition) is 2. The second-order valence-electron chi connectivity index (χ2n) is 4.95. The first-order valence-electron chi connectivity index (χ1n) is 6.53. The van der Waals surface area contributed by atoms with Gasteiger partial charge in [-0.2, -0.15) is 0 Å². The normalized spacial score (nSPS) is 12.3. The Morgan fingerprint density at radius 3 is 2.63 bits per heavy atom. The maximum absolute atomic E-state index is 11.8. The van der Waals surface area contributed by atoms with Crippen molar-refractivity contribution < 1.29 is 9.53 Å². The molecule has 19 heavy (non-hydrogen) atoms. The maximum atomic E-state index is 11.8. The third kappa shape index (κ3) is 5.70. The Morgan fingerprint density at radius 2 is 2.11 bits per heavy atom. The summed E-state index contributed by atoms with van der Waals surface area (Å²) >= 11 is 0. The van der Waals surface area contributed by atoms with Crippen LogP contribution in [-0.2, 0) is 11.3 Å². The number of aromatic nitrogens is 1. The minimum atomic E-state index is -0.221. The van der Waals surface area contributed by atoms with Crippen LogP contribution in [0.3, 0.4) is 0 Å². The lowest BCUT2D eigenvalue weighted by Crippen LogP contribution is -2.42. The van der Waals surface area contributed by atoms with E-state index in [0.717, 1.165) is 5.56 Å². The number of carbonyl (C=O) groups excluding carboxylic acids is 1. The summed E-state index contributed by atoms with van der Waals surface area (Å²) in [5.74, 6) is 1.07. The molecule has 0 saturated carbocycles. The number of rotatable bonds is 7. The zero-order valence-electron chi connectivity index (χ0n) is 12.1. The highest BCUT2D eigenvalue weighted by Crippen LogP contribution is 2.06. The fourth-order valence-electron chi connectivity index (χ4n) is 1.46. The van der Waals surface area contributed by atoms with Gasteiger partial charge in [0.05, 0.1) is 13.2 Å². The number of amides is 1. The number of ether oxygens (including phenoxy) is 1. The van der Waals surface area contributed by atoms with Crippen molar-refractivity contribution in [2.75, 3.05) is 13.7 Å². The predicted octanol–water partition coefficient (Wildman–Crippen LogP) is 1.34. The highest BCUT2D eigenvalue weighted by molar-refractivity contribution is 5.81. The van der Waals surface area contributed by atoms with E-state index in [2.05, 4.69) is 29.5 Å². The maximum Gasteiger partial charge on any atom is 0.236 e. The Labute approximate surface area is 114 Å². The van der Waals surface area contributed by atoms with Crippen molar-refractivity contribution in [3.63, 3.8) is 0 Å². The van der Waals surface area contributed by atoms with Crippen LogP contribution in [0.4, 0.5) is 0 Å². The second-order valence-corrected chi connectivity index (χ2v) is 4.95. The van der Waals surface area contributed by atoms with Gasteiger partial charge in [-0.1, -0.05) is 19.9 Å². The van der Waals surface area contributed by atoms with E-state index < -0.39 is 0 Å². The van der Waals surface area contributed by atoms with Crippen molar-refractivity contribution in [2.45, 2.75) is 33.4 Å². The van der Waals surface area contributed by atoms with Gasteiger partial charge in [0.1, 0.15) is 0 Å². The lowest BCUT2D eigenvalue weighted by atomic mass is 10.2. The molecule has 0 fully saturated rings. The first-order valence-corrected chi connectivity index (χ1v) is 6.53. The van der Waals surface area contributed by atoms with Gasteiger partial charge in [-0.05, 0) is 18.4 Å². The van der Waals surface area contributed by atoms with Crippen molar-refractivity contribution >= 4 is 5.91 Å². The van der Waals surface area contributed by atoms with Gasteiger partial charge in [0.2, 0.25) is 11.8 Å². The zero-order chi connectivity index (χ0) is 14.3. The molecule has 5 heteroatoms. The molecular weight excluding hydrogens is 242 g/mol. The van der Waals surface area contributed by atoms with E-state index in [1.165, 1.54) is 0 Å². The minimum Gasteiger partial charge on any atom is -0.481 e. The first kappa shape index (κ1) is 15.4. The molecule has 1 atom stereocenters. The number of methoxy groups -OCH3 is 1. The van der Waals surface area contributed by atoms with Crippen molar-refractivity contribution in [1.82, 2.24) is 15.6 Å². The molecular formula is C14H23N3O2. The average Bonchev–Trinajstić information content (AvgIpc) is 2.42. The summed E-state index contributed by atoms with van der Waals surface area (Å²) in [5, 5.41) is 6.07. The number of carbonyl (C=O) groups is 1. The van der Waals surface area contributed by atoms with E-state index in [1.807, 2.05) is 13.0 Å². The van der Waals surface area contributed by atoms with Crippen molar-refractivity contribution in [1.29, 1.82) is 0 Å². The van der Waals surface area contributed by atoms with Gasteiger partial charge in [-0.3, -0.25) is 4.79 Å². The third-order valence-corrected chi connectivity index (χ3v) is 2.70. The Morgan fingerprint density at radius 1 is 1.37 bits per heavy atom. The van der Waals surface area contributed by atoms with Gasteiger partial charge < -0.3 is 15.4 Å². The lowest BCUT2D eigenvalue weighted by molar-refractivity contribution is -0.122. The molecule has 0 aliphatic rings. The summed E-state index contributed by atoms with van der Waals surface area (Å²) in [6, 6.07) is 3.51. The van der Waals surface area contributed by atoms with E-state index in [4.69, 9.17) is 4.74 Å². The molecule has 1 aromatic rings.